The van der Waals surface area contributed by atoms with Crippen molar-refractivity contribution in [3.63, 3.8) is 0 Å². The monoisotopic (exact) mass is 503 g/mol. The van der Waals surface area contributed by atoms with Crippen molar-refractivity contribution in [2.45, 2.75) is 87.1 Å². The van der Waals surface area contributed by atoms with Gasteiger partial charge in [-0.05, 0) is 67.9 Å². The van der Waals surface area contributed by atoms with Gasteiger partial charge in [-0.25, -0.2) is 0 Å². The van der Waals surface area contributed by atoms with Crippen molar-refractivity contribution < 1.29 is 9.84 Å². The van der Waals surface area contributed by atoms with Crippen LogP contribution in [-0.2, 0) is 6.42 Å². The second kappa shape index (κ2) is 10.3. The molecule has 1 saturated heterocycles. The summed E-state index contributed by atoms with van der Waals surface area (Å²) in [7, 11) is 0. The van der Waals surface area contributed by atoms with E-state index >= 15 is 0 Å². The zero-order valence-electron chi connectivity index (χ0n) is 18.6. The molecular formula is C26H34BrNO2S. The van der Waals surface area contributed by atoms with Crippen molar-refractivity contribution in [2.24, 2.45) is 0 Å². The fraction of sp³-hybridized carbons (Fsp3) is 0.538. The van der Waals surface area contributed by atoms with Crippen molar-refractivity contribution in [2.75, 3.05) is 6.73 Å². The van der Waals surface area contributed by atoms with Crippen LogP contribution in [0.15, 0.2) is 51.8 Å². The van der Waals surface area contributed by atoms with E-state index in [1.807, 2.05) is 11.8 Å². The minimum Gasteiger partial charge on any atom is -0.475 e. The van der Waals surface area contributed by atoms with Crippen LogP contribution < -0.4 is 4.74 Å². The molecule has 1 fully saturated rings. The van der Waals surface area contributed by atoms with Crippen LogP contribution in [0.4, 0.5) is 0 Å². The lowest BCUT2D eigenvalue weighted by atomic mass is 10.0. The third-order valence-corrected chi connectivity index (χ3v) is 8.89. The molecule has 0 spiro atoms. The van der Waals surface area contributed by atoms with Gasteiger partial charge < -0.3 is 9.84 Å². The lowest BCUT2D eigenvalue weighted by molar-refractivity contribution is 0.0595. The van der Waals surface area contributed by atoms with E-state index in [1.54, 1.807) is 0 Å². The number of ether oxygens (including phenoxy) is 1. The summed E-state index contributed by atoms with van der Waals surface area (Å²) in [6, 6.07) is 15.9. The summed E-state index contributed by atoms with van der Waals surface area (Å²) in [6.45, 7) is 4.59. The van der Waals surface area contributed by atoms with Crippen LogP contribution in [0.2, 0.25) is 0 Å². The third-order valence-electron chi connectivity index (χ3n) is 6.72. The van der Waals surface area contributed by atoms with Crippen molar-refractivity contribution in [3.05, 3.63) is 58.1 Å². The normalized spacial score (nSPS) is 22.5. The minimum absolute atomic E-state index is 0.0948. The molecule has 0 radical (unpaired) electrons. The van der Waals surface area contributed by atoms with Crippen LogP contribution in [0.1, 0.15) is 76.0 Å². The predicted molar refractivity (Wildman–Crippen MR) is 133 cm³/mol. The number of nitrogens with zero attached hydrogens (tertiary/aromatic N) is 1. The van der Waals surface area contributed by atoms with Gasteiger partial charge in [-0.3, -0.25) is 4.90 Å². The summed E-state index contributed by atoms with van der Waals surface area (Å²) >= 11 is 5.59. The highest BCUT2D eigenvalue weighted by Gasteiger charge is 2.40. The van der Waals surface area contributed by atoms with Crippen molar-refractivity contribution in [1.29, 1.82) is 0 Å². The molecule has 31 heavy (non-hydrogen) atoms. The van der Waals surface area contributed by atoms with Gasteiger partial charge >= 0.3 is 0 Å². The Kier molecular flexibility index (Phi) is 7.68. The lowest BCUT2D eigenvalue weighted by Gasteiger charge is -2.28. The summed E-state index contributed by atoms with van der Waals surface area (Å²) in [5, 5.41) is 10.2. The second-order valence-electron chi connectivity index (χ2n) is 8.85. The average Bonchev–Trinajstić information content (AvgIpc) is 3.33. The van der Waals surface area contributed by atoms with Crippen molar-refractivity contribution >= 4 is 27.7 Å². The van der Waals surface area contributed by atoms with Crippen LogP contribution in [0.3, 0.4) is 0 Å². The number of aliphatic hydroxyl groups excluding tert-OH is 1. The predicted octanol–water partition coefficient (Wildman–Crippen LogP) is 7.32. The van der Waals surface area contributed by atoms with Crippen LogP contribution in [0.25, 0.3) is 0 Å². The van der Waals surface area contributed by atoms with Crippen molar-refractivity contribution in [1.82, 2.24) is 4.90 Å². The first-order valence-corrected chi connectivity index (χ1v) is 13.3. The minimum atomic E-state index is -0.0948. The highest BCUT2D eigenvalue weighted by molar-refractivity contribution is 9.10. The third kappa shape index (κ3) is 5.00. The van der Waals surface area contributed by atoms with Crippen LogP contribution in [0, 0.1) is 0 Å². The van der Waals surface area contributed by atoms with E-state index < -0.39 is 0 Å². The van der Waals surface area contributed by atoms with E-state index in [9.17, 15) is 5.11 Å². The SMILES string of the molecule is CCCC1(CCC)Oc2ccc(C3CCC(CCc4ccccc4Br)N3CO)cc2S1. The van der Waals surface area contributed by atoms with E-state index in [-0.39, 0.29) is 17.7 Å². The first kappa shape index (κ1) is 23.2. The number of aryl methyl sites for hydroxylation is 1. The number of halogens is 1. The Morgan fingerprint density at radius 1 is 1.13 bits per heavy atom. The largest absolute Gasteiger partial charge is 0.475 e. The maximum absolute atomic E-state index is 10.2. The fourth-order valence-corrected chi connectivity index (χ4v) is 7.28. The first-order chi connectivity index (χ1) is 15.1. The Morgan fingerprint density at radius 3 is 2.61 bits per heavy atom. The zero-order chi connectivity index (χ0) is 21.8. The summed E-state index contributed by atoms with van der Waals surface area (Å²) in [4.78, 5) is 3.47. The average molecular weight is 505 g/mol. The molecule has 1 N–H and O–H groups in total. The number of likely N-dealkylation sites (tertiary alicyclic amines) is 1. The van der Waals surface area contributed by atoms with Crippen LogP contribution >= 0.6 is 27.7 Å². The quantitative estimate of drug-likeness (QED) is 0.388. The lowest BCUT2D eigenvalue weighted by Crippen LogP contribution is -2.32. The smallest absolute Gasteiger partial charge is 0.159 e. The Balaban J connectivity index is 1.46. The van der Waals surface area contributed by atoms with Crippen molar-refractivity contribution in [3.8, 4) is 5.75 Å². The van der Waals surface area contributed by atoms with Crippen LogP contribution in [-0.4, -0.2) is 27.7 Å². The molecule has 0 saturated carbocycles. The Labute approximate surface area is 199 Å². The Morgan fingerprint density at radius 2 is 1.90 bits per heavy atom. The van der Waals surface area contributed by atoms with Gasteiger partial charge in [0, 0.05) is 16.6 Å². The molecule has 168 valence electrons. The molecule has 2 heterocycles. The standard InChI is InChI=1S/C26H34BrNO2S/c1-3-15-26(16-4-2)30-24-14-10-20(17-25(24)31-26)23-13-12-21(28(23)18-29)11-9-19-7-5-6-8-22(19)27/h5-8,10,14,17,21,23,29H,3-4,9,11-13,15-16,18H2,1-2H3. The summed E-state index contributed by atoms with van der Waals surface area (Å²) in [5.74, 6) is 1.04. The summed E-state index contributed by atoms with van der Waals surface area (Å²) in [6.07, 6.45) is 8.75. The fourth-order valence-electron chi connectivity index (χ4n) is 5.25. The van der Waals surface area contributed by atoms with Gasteiger partial charge in [-0.2, -0.15) is 0 Å². The molecule has 0 aromatic heterocycles. The maximum Gasteiger partial charge on any atom is 0.159 e. The summed E-state index contributed by atoms with van der Waals surface area (Å²) < 4.78 is 7.64. The van der Waals surface area contributed by atoms with E-state index in [0.29, 0.717) is 6.04 Å². The highest BCUT2D eigenvalue weighted by atomic mass is 79.9. The molecular weight excluding hydrogens is 470 g/mol. The number of hydrogen-bond donors (Lipinski definition) is 1. The van der Waals surface area contributed by atoms with Gasteiger partial charge in [-0.15, -0.1) is 0 Å². The molecule has 5 heteroatoms. The molecule has 4 rings (SSSR count). The number of rotatable bonds is 9. The number of thioether (sulfide) groups is 1. The zero-order valence-corrected chi connectivity index (χ0v) is 21.1. The molecule has 2 aromatic carbocycles. The molecule has 2 atom stereocenters. The highest BCUT2D eigenvalue weighted by Crippen LogP contribution is 2.53. The van der Waals surface area contributed by atoms with Crippen LogP contribution in [0.5, 0.6) is 5.75 Å². The Bertz CT molecular complexity index is 883. The van der Waals surface area contributed by atoms with E-state index in [2.05, 4.69) is 77.1 Å². The maximum atomic E-state index is 10.2. The molecule has 2 aliphatic heterocycles. The van der Waals surface area contributed by atoms with Gasteiger partial charge in [0.15, 0.2) is 4.93 Å². The van der Waals surface area contributed by atoms with Gasteiger partial charge in [0.2, 0.25) is 0 Å². The Hall–Kier alpha value is -1.01. The molecule has 0 aliphatic carbocycles. The van der Waals surface area contributed by atoms with Gasteiger partial charge in [0.1, 0.15) is 5.75 Å². The topological polar surface area (TPSA) is 32.7 Å². The van der Waals surface area contributed by atoms with Gasteiger partial charge in [-0.1, -0.05) is 78.6 Å². The number of aliphatic hydroxyl groups is 1. The second-order valence-corrected chi connectivity index (χ2v) is 11.1. The van der Waals surface area contributed by atoms with E-state index in [4.69, 9.17) is 4.74 Å². The number of benzene rings is 2. The molecule has 3 nitrogen and oxygen atoms in total. The molecule has 2 unspecified atom stereocenters. The first-order valence-electron chi connectivity index (χ1n) is 11.7. The van der Waals surface area contributed by atoms with Gasteiger partial charge in [0.05, 0.1) is 11.6 Å². The molecule has 0 bridgehead atoms. The molecule has 2 aliphatic rings. The molecule has 0 amide bonds. The van der Waals surface area contributed by atoms with Gasteiger partial charge in [0.25, 0.3) is 0 Å². The summed E-state index contributed by atoms with van der Waals surface area (Å²) in [5.41, 5.74) is 2.66. The van der Waals surface area contributed by atoms with E-state index in [1.165, 1.54) is 20.5 Å². The number of fused-ring (bicyclic) bond motifs is 1. The number of hydrogen-bond acceptors (Lipinski definition) is 4. The van der Waals surface area contributed by atoms with E-state index in [0.717, 1.165) is 57.1 Å². The molecule has 2 aromatic rings.